The van der Waals surface area contributed by atoms with Crippen molar-refractivity contribution in [2.45, 2.75) is 39.5 Å². The van der Waals surface area contributed by atoms with Crippen molar-refractivity contribution in [1.29, 1.82) is 0 Å². The minimum absolute atomic E-state index is 0.382. The van der Waals surface area contributed by atoms with E-state index >= 15 is 0 Å². The van der Waals surface area contributed by atoms with Gasteiger partial charge in [0, 0.05) is 11.8 Å². The van der Waals surface area contributed by atoms with Gasteiger partial charge in [-0.15, -0.1) is 0 Å². The zero-order valence-corrected chi connectivity index (χ0v) is 24.5. The van der Waals surface area contributed by atoms with Crippen LogP contribution in [0.1, 0.15) is 56.2 Å². The molecule has 0 aliphatic carbocycles. The van der Waals surface area contributed by atoms with E-state index in [0.29, 0.717) is 24.7 Å². The van der Waals surface area contributed by atoms with Crippen molar-refractivity contribution in [2.75, 3.05) is 0 Å². The molecule has 5 heteroatoms. The van der Waals surface area contributed by atoms with Gasteiger partial charge in [0.2, 0.25) is 0 Å². The molecule has 4 aromatic rings. The summed E-state index contributed by atoms with van der Waals surface area (Å²) in [6.07, 6.45) is 2.09. The van der Waals surface area contributed by atoms with Gasteiger partial charge in [-0.3, -0.25) is 4.99 Å². The summed E-state index contributed by atoms with van der Waals surface area (Å²) in [6.45, 7) is 8.99. The number of hydrogen-bond donors (Lipinski definition) is 0. The molecule has 0 fully saturated rings. The Morgan fingerprint density at radius 1 is 0.639 bits per heavy atom. The number of nitrogens with zero attached hydrogens (tertiary/aromatic N) is 1. The summed E-state index contributed by atoms with van der Waals surface area (Å²) in [7, 11) is 8.79. The SMILES string of the molecule is CC(C)c1cccc(C(C)C)c1N=Cc1ccccc1P(c1ccccc1)c1ccccc1.[Cl][Co][Cl]. The van der Waals surface area contributed by atoms with Gasteiger partial charge >= 0.3 is 33.2 Å². The van der Waals surface area contributed by atoms with Crippen molar-refractivity contribution in [3.05, 3.63) is 120 Å². The summed E-state index contributed by atoms with van der Waals surface area (Å²) in [5.41, 5.74) is 4.93. The van der Waals surface area contributed by atoms with Gasteiger partial charge in [-0.1, -0.05) is 131 Å². The zero-order valence-electron chi connectivity index (χ0n) is 21.0. The van der Waals surface area contributed by atoms with E-state index in [0.717, 1.165) is 5.69 Å². The normalized spacial score (nSPS) is 11.4. The van der Waals surface area contributed by atoms with Crippen LogP contribution in [0.15, 0.2) is 108 Å². The molecule has 0 aliphatic rings. The van der Waals surface area contributed by atoms with Crippen LogP contribution >= 0.6 is 28.2 Å². The second kappa shape index (κ2) is 14.7. The molecule has 4 aromatic carbocycles. The third-order valence-electron chi connectivity index (χ3n) is 5.88. The fourth-order valence-corrected chi connectivity index (χ4v) is 6.60. The second-order valence-corrected chi connectivity index (χ2v) is 12.9. The first-order valence-electron chi connectivity index (χ1n) is 12.0. The van der Waals surface area contributed by atoms with E-state index in [1.54, 1.807) is 0 Å². The van der Waals surface area contributed by atoms with Crippen LogP contribution in [0.2, 0.25) is 0 Å². The average Bonchev–Trinajstić information content (AvgIpc) is 2.89. The number of benzene rings is 4. The minimum atomic E-state index is -0.679. The molecular weight excluding hydrogens is 547 g/mol. The Morgan fingerprint density at radius 2 is 1.08 bits per heavy atom. The first-order chi connectivity index (χ1) is 17.5. The van der Waals surface area contributed by atoms with Crippen LogP contribution < -0.4 is 15.9 Å². The fraction of sp³-hybridized carbons (Fsp3) is 0.194. The predicted octanol–water partition coefficient (Wildman–Crippen LogP) is 8.82. The van der Waals surface area contributed by atoms with Gasteiger partial charge in [0.25, 0.3) is 0 Å². The molecule has 0 bridgehead atoms. The average molecular weight is 579 g/mol. The number of hydrogen-bond acceptors (Lipinski definition) is 1. The van der Waals surface area contributed by atoms with Crippen LogP contribution in [-0.2, 0) is 12.9 Å². The number of aliphatic imine (C=N–C) groups is 1. The van der Waals surface area contributed by atoms with E-state index < -0.39 is 7.92 Å². The molecule has 0 saturated carbocycles. The Balaban J connectivity index is 0.00000115. The van der Waals surface area contributed by atoms with Gasteiger partial charge in [-0.25, -0.2) is 0 Å². The first-order valence-corrected chi connectivity index (χ1v) is 16.2. The molecule has 0 heterocycles. The first kappa shape index (κ1) is 28.6. The molecule has 0 amide bonds. The number of rotatable bonds is 7. The number of para-hydroxylation sites is 1. The molecule has 1 nitrogen and oxygen atoms in total. The van der Waals surface area contributed by atoms with Gasteiger partial charge in [0.15, 0.2) is 0 Å². The van der Waals surface area contributed by atoms with Crippen LogP contribution in [-0.4, -0.2) is 6.21 Å². The molecule has 0 atom stereocenters. The van der Waals surface area contributed by atoms with Crippen molar-refractivity contribution in [2.24, 2.45) is 4.99 Å². The summed E-state index contributed by atoms with van der Waals surface area (Å²) in [5, 5.41) is 4.04. The molecule has 0 saturated heterocycles. The Bertz CT molecular complexity index is 1180. The Morgan fingerprint density at radius 3 is 1.56 bits per heavy atom. The third-order valence-corrected chi connectivity index (χ3v) is 8.40. The van der Waals surface area contributed by atoms with Crippen molar-refractivity contribution >= 4 is 56.0 Å². The standard InChI is InChI=1S/C31H32NP.2ClH.Co/c1-23(2)28-19-13-20-29(24(3)4)31(28)32-22-25-14-11-12-21-30(25)33(26-15-7-5-8-16-26)27-17-9-6-10-18-27;;;/h5-24H,1-4H3;2*1H;/q;;;+2/p-2. The van der Waals surface area contributed by atoms with Crippen molar-refractivity contribution in [3.63, 3.8) is 0 Å². The molecule has 189 valence electrons. The van der Waals surface area contributed by atoms with E-state index in [-0.39, 0.29) is 0 Å². The molecule has 0 unspecified atom stereocenters. The Kier molecular flexibility index (Phi) is 11.7. The molecule has 0 N–H and O–H groups in total. The molecule has 4 rings (SSSR count). The van der Waals surface area contributed by atoms with Gasteiger partial charge in [-0.05, 0) is 46.8 Å². The summed E-state index contributed by atoms with van der Waals surface area (Å²) >= 11 is 0.382. The molecule has 0 aromatic heterocycles. The van der Waals surface area contributed by atoms with Crippen molar-refractivity contribution in [3.8, 4) is 0 Å². The molecular formula is C31H32Cl2CoNP. The maximum absolute atomic E-state index is 5.13. The van der Waals surface area contributed by atoms with Gasteiger partial charge in [0.05, 0.1) is 5.69 Å². The Hall–Kier alpha value is -1.93. The van der Waals surface area contributed by atoms with Gasteiger partial charge < -0.3 is 0 Å². The van der Waals surface area contributed by atoms with Crippen LogP contribution in [0.4, 0.5) is 5.69 Å². The maximum atomic E-state index is 5.13. The molecule has 0 spiro atoms. The van der Waals surface area contributed by atoms with Crippen molar-refractivity contribution in [1.82, 2.24) is 0 Å². The van der Waals surface area contributed by atoms with Gasteiger partial charge in [-0.2, -0.15) is 0 Å². The third kappa shape index (κ3) is 7.54. The van der Waals surface area contributed by atoms with Crippen LogP contribution in [0, 0.1) is 0 Å². The quantitative estimate of drug-likeness (QED) is 0.153. The zero-order chi connectivity index (χ0) is 25.9. The number of halogens is 2. The van der Waals surface area contributed by atoms with Crippen LogP contribution in [0.5, 0.6) is 0 Å². The van der Waals surface area contributed by atoms with Crippen LogP contribution in [0.25, 0.3) is 0 Å². The Labute approximate surface area is 232 Å². The fourth-order valence-electron chi connectivity index (χ4n) is 4.18. The van der Waals surface area contributed by atoms with E-state index in [4.69, 9.17) is 25.3 Å². The van der Waals surface area contributed by atoms with Gasteiger partial charge in [0.1, 0.15) is 0 Å². The van der Waals surface area contributed by atoms with E-state index in [1.807, 2.05) is 0 Å². The summed E-state index contributed by atoms with van der Waals surface area (Å²) < 4.78 is 0. The molecule has 0 radical (unpaired) electrons. The second-order valence-electron chi connectivity index (χ2n) is 8.97. The van der Waals surface area contributed by atoms with E-state index in [2.05, 4.69) is 137 Å². The predicted molar refractivity (Wildman–Crippen MR) is 159 cm³/mol. The molecule has 36 heavy (non-hydrogen) atoms. The monoisotopic (exact) mass is 578 g/mol. The van der Waals surface area contributed by atoms with E-state index in [1.165, 1.54) is 32.6 Å². The van der Waals surface area contributed by atoms with E-state index in [9.17, 15) is 0 Å². The summed E-state index contributed by atoms with van der Waals surface area (Å²) in [5.74, 6) is 0.855. The molecule has 0 aliphatic heterocycles. The summed E-state index contributed by atoms with van der Waals surface area (Å²) in [6, 6.07) is 37.1. The topological polar surface area (TPSA) is 12.4 Å². The van der Waals surface area contributed by atoms with Crippen molar-refractivity contribution < 1.29 is 12.9 Å². The summed E-state index contributed by atoms with van der Waals surface area (Å²) in [4.78, 5) is 5.13. The van der Waals surface area contributed by atoms with Crippen LogP contribution in [0.3, 0.4) is 0 Å².